The summed E-state index contributed by atoms with van der Waals surface area (Å²) >= 11 is 2.17. The Morgan fingerprint density at radius 3 is 2.76 bits per heavy atom. The fraction of sp³-hybridized carbons (Fsp3) is 0.364. The van der Waals surface area contributed by atoms with E-state index in [1.54, 1.807) is 10.9 Å². The van der Waals surface area contributed by atoms with Gasteiger partial charge in [-0.25, -0.2) is 0 Å². The lowest BCUT2D eigenvalue weighted by Crippen LogP contribution is -2.09. The summed E-state index contributed by atoms with van der Waals surface area (Å²) in [5.41, 5.74) is 0.888. The van der Waals surface area contributed by atoms with Crippen molar-refractivity contribution in [3.8, 4) is 0 Å². The molecule has 2 nitrogen and oxygen atoms in total. The number of aryl methyl sites for hydroxylation is 1. The second-order valence-corrected chi connectivity index (χ2v) is 5.04. The summed E-state index contributed by atoms with van der Waals surface area (Å²) in [6.07, 6.45) is -3.11. The van der Waals surface area contributed by atoms with Crippen molar-refractivity contribution in [2.24, 2.45) is 0 Å². The molecule has 0 radical (unpaired) electrons. The van der Waals surface area contributed by atoms with Crippen molar-refractivity contribution in [1.82, 2.24) is 9.78 Å². The van der Waals surface area contributed by atoms with Crippen molar-refractivity contribution in [3.63, 3.8) is 0 Å². The van der Waals surface area contributed by atoms with Crippen LogP contribution in [0.3, 0.4) is 0 Å². The predicted molar refractivity (Wildman–Crippen MR) is 67.7 cm³/mol. The highest BCUT2D eigenvalue weighted by molar-refractivity contribution is 14.1. The second-order valence-electron chi connectivity index (χ2n) is 3.79. The van der Waals surface area contributed by atoms with Crippen LogP contribution in [-0.2, 0) is 6.54 Å². The monoisotopic (exact) mass is 354 g/mol. The lowest BCUT2D eigenvalue weighted by Gasteiger charge is -2.06. The van der Waals surface area contributed by atoms with Crippen molar-refractivity contribution in [1.29, 1.82) is 0 Å². The lowest BCUT2D eigenvalue weighted by molar-refractivity contribution is -0.135. The standard InChI is InChI=1S/C11H10F3IN2/c12-11(13,14)4-1-5-17-10-6-9(15)3-2-8(10)7-16-17/h2-3,6-7H,1,4-5H2. The molecule has 2 aromatic rings. The van der Waals surface area contributed by atoms with Crippen LogP contribution in [0, 0.1) is 3.57 Å². The number of nitrogens with zero attached hydrogens (tertiary/aromatic N) is 2. The molecule has 2 rings (SSSR count). The number of halogens is 4. The smallest absolute Gasteiger partial charge is 0.265 e. The van der Waals surface area contributed by atoms with E-state index in [0.29, 0.717) is 6.54 Å². The molecule has 0 aliphatic rings. The molecule has 1 aromatic carbocycles. The van der Waals surface area contributed by atoms with Gasteiger partial charge in [-0.15, -0.1) is 0 Å². The molecule has 0 aliphatic heterocycles. The van der Waals surface area contributed by atoms with E-state index >= 15 is 0 Å². The second kappa shape index (κ2) is 4.83. The van der Waals surface area contributed by atoms with Gasteiger partial charge in [0.15, 0.2) is 0 Å². The third-order valence-corrected chi connectivity index (χ3v) is 3.11. The maximum atomic E-state index is 12.0. The van der Waals surface area contributed by atoms with E-state index in [1.165, 1.54) is 0 Å². The Hall–Kier alpha value is -0.790. The number of hydrogen-bond donors (Lipinski definition) is 0. The Morgan fingerprint density at radius 1 is 1.29 bits per heavy atom. The highest BCUT2D eigenvalue weighted by Crippen LogP contribution is 2.23. The number of alkyl halides is 3. The van der Waals surface area contributed by atoms with Gasteiger partial charge in [0.25, 0.3) is 0 Å². The van der Waals surface area contributed by atoms with Crippen LogP contribution in [0.15, 0.2) is 24.4 Å². The third-order valence-electron chi connectivity index (χ3n) is 2.44. The summed E-state index contributed by atoms with van der Waals surface area (Å²) in [6, 6.07) is 5.80. The number of rotatable bonds is 3. The molecule has 0 bridgehead atoms. The fourth-order valence-electron chi connectivity index (χ4n) is 1.65. The molecule has 0 fully saturated rings. The third kappa shape index (κ3) is 3.34. The molecule has 0 unspecified atom stereocenters. The molecule has 6 heteroatoms. The highest BCUT2D eigenvalue weighted by Gasteiger charge is 2.26. The first-order chi connectivity index (χ1) is 7.96. The first-order valence-electron chi connectivity index (χ1n) is 5.13. The zero-order chi connectivity index (χ0) is 12.5. The van der Waals surface area contributed by atoms with Gasteiger partial charge in [-0.3, -0.25) is 4.68 Å². The molecule has 0 atom stereocenters. The van der Waals surface area contributed by atoms with Crippen LogP contribution >= 0.6 is 22.6 Å². The first kappa shape index (κ1) is 12.7. The molecule has 0 amide bonds. The van der Waals surface area contributed by atoms with E-state index in [0.717, 1.165) is 14.5 Å². The molecule has 0 N–H and O–H groups in total. The van der Waals surface area contributed by atoms with Gasteiger partial charge in [0, 0.05) is 21.9 Å². The molecular formula is C11H10F3IN2. The highest BCUT2D eigenvalue weighted by atomic mass is 127. The van der Waals surface area contributed by atoms with Crippen LogP contribution in [0.1, 0.15) is 12.8 Å². The number of fused-ring (bicyclic) bond motifs is 1. The van der Waals surface area contributed by atoms with Gasteiger partial charge in [0.1, 0.15) is 0 Å². The van der Waals surface area contributed by atoms with E-state index in [1.807, 2.05) is 18.2 Å². The van der Waals surface area contributed by atoms with Gasteiger partial charge >= 0.3 is 6.18 Å². The number of hydrogen-bond acceptors (Lipinski definition) is 1. The van der Waals surface area contributed by atoms with Crippen LogP contribution in [0.5, 0.6) is 0 Å². The van der Waals surface area contributed by atoms with Crippen molar-refractivity contribution in [3.05, 3.63) is 28.0 Å². The Bertz CT molecular complexity index is 519. The fourth-order valence-corrected chi connectivity index (χ4v) is 2.13. The molecule has 0 spiro atoms. The first-order valence-corrected chi connectivity index (χ1v) is 6.21. The van der Waals surface area contributed by atoms with Crippen LogP contribution < -0.4 is 0 Å². The summed E-state index contributed by atoms with van der Waals surface area (Å²) < 4.78 is 38.8. The van der Waals surface area contributed by atoms with Crippen LogP contribution in [0.4, 0.5) is 13.2 Å². The minimum Gasteiger partial charge on any atom is -0.265 e. The zero-order valence-electron chi connectivity index (χ0n) is 8.84. The molecule has 1 aromatic heterocycles. The van der Waals surface area contributed by atoms with Gasteiger partial charge in [-0.2, -0.15) is 18.3 Å². The van der Waals surface area contributed by atoms with Crippen LogP contribution in [0.25, 0.3) is 10.9 Å². The zero-order valence-corrected chi connectivity index (χ0v) is 11.0. The summed E-state index contributed by atoms with van der Waals surface area (Å²) in [4.78, 5) is 0. The summed E-state index contributed by atoms with van der Waals surface area (Å²) in [7, 11) is 0. The molecule has 0 aliphatic carbocycles. The topological polar surface area (TPSA) is 17.8 Å². The molecule has 0 saturated carbocycles. The average molecular weight is 354 g/mol. The van der Waals surface area contributed by atoms with Crippen LogP contribution in [0.2, 0.25) is 0 Å². The summed E-state index contributed by atoms with van der Waals surface area (Å²) in [5.74, 6) is 0. The normalized spacial score (nSPS) is 12.2. The molecular weight excluding hydrogens is 344 g/mol. The van der Waals surface area contributed by atoms with Crippen molar-refractivity contribution in [2.75, 3.05) is 0 Å². The molecule has 92 valence electrons. The maximum absolute atomic E-state index is 12.0. The van der Waals surface area contributed by atoms with Gasteiger partial charge < -0.3 is 0 Å². The largest absolute Gasteiger partial charge is 0.389 e. The van der Waals surface area contributed by atoms with Gasteiger partial charge in [-0.1, -0.05) is 6.07 Å². The lowest BCUT2D eigenvalue weighted by atomic mass is 10.2. The Kier molecular flexibility index (Phi) is 3.60. The predicted octanol–water partition coefficient (Wildman–Crippen LogP) is 3.98. The van der Waals surface area contributed by atoms with E-state index in [9.17, 15) is 13.2 Å². The Labute approximate surface area is 110 Å². The Morgan fingerprint density at radius 2 is 2.06 bits per heavy atom. The minimum atomic E-state index is -4.09. The SMILES string of the molecule is FC(F)(F)CCCn1ncc2ccc(I)cc21. The number of benzene rings is 1. The van der Waals surface area contributed by atoms with Gasteiger partial charge in [-0.05, 0) is 41.1 Å². The van der Waals surface area contributed by atoms with Crippen molar-refractivity contribution < 1.29 is 13.2 Å². The van der Waals surface area contributed by atoms with E-state index < -0.39 is 12.6 Å². The van der Waals surface area contributed by atoms with Gasteiger partial charge in [0.2, 0.25) is 0 Å². The summed E-state index contributed by atoms with van der Waals surface area (Å²) in [5, 5.41) is 5.06. The number of aromatic nitrogens is 2. The van der Waals surface area contributed by atoms with E-state index in [-0.39, 0.29) is 6.42 Å². The maximum Gasteiger partial charge on any atom is 0.389 e. The van der Waals surface area contributed by atoms with Crippen molar-refractivity contribution in [2.45, 2.75) is 25.6 Å². The molecule has 17 heavy (non-hydrogen) atoms. The van der Waals surface area contributed by atoms with Crippen LogP contribution in [-0.4, -0.2) is 16.0 Å². The quantitative estimate of drug-likeness (QED) is 0.763. The average Bonchev–Trinajstić information content (AvgIpc) is 2.59. The van der Waals surface area contributed by atoms with Crippen molar-refractivity contribution >= 4 is 33.5 Å². The molecule has 0 saturated heterocycles. The molecule has 1 heterocycles. The van der Waals surface area contributed by atoms with E-state index in [2.05, 4.69) is 27.7 Å². The van der Waals surface area contributed by atoms with Gasteiger partial charge in [0.05, 0.1) is 11.7 Å². The minimum absolute atomic E-state index is 0.0613. The Balaban J connectivity index is 2.11. The van der Waals surface area contributed by atoms with E-state index in [4.69, 9.17) is 0 Å². The summed E-state index contributed by atoms with van der Waals surface area (Å²) in [6.45, 7) is 0.295.